The fourth-order valence-corrected chi connectivity index (χ4v) is 2.20. The van der Waals surface area contributed by atoms with E-state index in [-0.39, 0.29) is 12.5 Å². The Labute approximate surface area is 144 Å². The molecule has 0 heterocycles. The summed E-state index contributed by atoms with van der Waals surface area (Å²) >= 11 is 0. The summed E-state index contributed by atoms with van der Waals surface area (Å²) in [5.41, 5.74) is 0.770. The molecule has 134 valence electrons. The number of ether oxygens (including phenoxy) is 1. The van der Waals surface area contributed by atoms with Crippen LogP contribution in [0, 0.1) is 0 Å². The molecular formula is C18H19F3N2O2. The van der Waals surface area contributed by atoms with Crippen LogP contribution in [0.5, 0.6) is 5.75 Å². The first-order valence-corrected chi connectivity index (χ1v) is 7.69. The van der Waals surface area contributed by atoms with Gasteiger partial charge in [0.05, 0.1) is 19.2 Å². The Kier molecular flexibility index (Phi) is 6.27. The third-order valence-corrected chi connectivity index (χ3v) is 3.54. The quantitative estimate of drug-likeness (QED) is 0.802. The van der Waals surface area contributed by atoms with Gasteiger partial charge in [0.1, 0.15) is 5.75 Å². The predicted molar refractivity (Wildman–Crippen MR) is 89.6 cm³/mol. The van der Waals surface area contributed by atoms with Gasteiger partial charge in [-0.05, 0) is 48.4 Å². The number of rotatable bonds is 7. The predicted octanol–water partition coefficient (Wildman–Crippen LogP) is 3.48. The second-order valence-corrected chi connectivity index (χ2v) is 5.38. The lowest BCUT2D eigenvalue weighted by atomic mass is 10.1. The third-order valence-electron chi connectivity index (χ3n) is 3.54. The topological polar surface area (TPSA) is 50.4 Å². The first-order chi connectivity index (χ1) is 11.9. The van der Waals surface area contributed by atoms with Crippen LogP contribution in [0.2, 0.25) is 0 Å². The number of amides is 1. The molecular weight excluding hydrogens is 333 g/mol. The molecule has 1 amide bonds. The number of methoxy groups -OCH3 is 1. The van der Waals surface area contributed by atoms with Gasteiger partial charge in [0.2, 0.25) is 5.91 Å². The Bertz CT molecular complexity index is 700. The van der Waals surface area contributed by atoms with Gasteiger partial charge in [0.25, 0.3) is 0 Å². The van der Waals surface area contributed by atoms with Crippen LogP contribution in [0.4, 0.5) is 18.9 Å². The average Bonchev–Trinajstić information content (AvgIpc) is 2.60. The standard InChI is InChI=1S/C18H19F3N2O2/c1-25-16-4-2-3-13(11-16)9-10-22-17(24)12-23-15-7-5-14(6-8-15)18(19,20)21/h2-8,11,23H,9-10,12H2,1H3,(H,22,24). The molecule has 0 aromatic heterocycles. The number of alkyl halides is 3. The fraction of sp³-hybridized carbons (Fsp3) is 0.278. The van der Waals surface area contributed by atoms with Crippen molar-refractivity contribution in [2.24, 2.45) is 0 Å². The van der Waals surface area contributed by atoms with Gasteiger partial charge in [-0.25, -0.2) is 0 Å². The highest BCUT2D eigenvalue weighted by molar-refractivity contribution is 5.80. The minimum Gasteiger partial charge on any atom is -0.497 e. The van der Waals surface area contributed by atoms with Crippen molar-refractivity contribution < 1.29 is 22.7 Å². The lowest BCUT2D eigenvalue weighted by Crippen LogP contribution is -2.31. The van der Waals surface area contributed by atoms with E-state index in [2.05, 4.69) is 10.6 Å². The third kappa shape index (κ3) is 6.02. The zero-order valence-corrected chi connectivity index (χ0v) is 13.7. The van der Waals surface area contributed by atoms with Gasteiger partial charge in [0.15, 0.2) is 0 Å². The van der Waals surface area contributed by atoms with E-state index < -0.39 is 11.7 Å². The molecule has 0 bridgehead atoms. The van der Waals surface area contributed by atoms with Crippen LogP contribution >= 0.6 is 0 Å². The number of benzene rings is 2. The average molecular weight is 352 g/mol. The van der Waals surface area contributed by atoms with Crippen molar-refractivity contribution in [1.82, 2.24) is 5.32 Å². The maximum atomic E-state index is 12.5. The molecule has 0 aliphatic carbocycles. The molecule has 25 heavy (non-hydrogen) atoms. The summed E-state index contributed by atoms with van der Waals surface area (Å²) in [6.45, 7) is 0.449. The minimum atomic E-state index is -4.37. The number of anilines is 1. The molecule has 7 heteroatoms. The minimum absolute atomic E-state index is 0.0104. The van der Waals surface area contributed by atoms with Gasteiger partial charge < -0.3 is 15.4 Å². The second-order valence-electron chi connectivity index (χ2n) is 5.38. The summed E-state index contributed by atoms with van der Waals surface area (Å²) in [6, 6.07) is 12.1. The van der Waals surface area contributed by atoms with Crippen molar-refractivity contribution in [3.05, 3.63) is 59.7 Å². The van der Waals surface area contributed by atoms with Crippen LogP contribution in [0.25, 0.3) is 0 Å². The van der Waals surface area contributed by atoms with Crippen LogP contribution in [-0.4, -0.2) is 26.1 Å². The van der Waals surface area contributed by atoms with Crippen LogP contribution in [0.15, 0.2) is 48.5 Å². The number of nitrogens with one attached hydrogen (secondary N) is 2. The maximum absolute atomic E-state index is 12.5. The van der Waals surface area contributed by atoms with Crippen molar-refractivity contribution >= 4 is 11.6 Å². The molecule has 0 saturated heterocycles. The number of hydrogen-bond donors (Lipinski definition) is 2. The molecule has 2 aromatic carbocycles. The molecule has 0 spiro atoms. The van der Waals surface area contributed by atoms with Crippen molar-refractivity contribution in [3.63, 3.8) is 0 Å². The molecule has 4 nitrogen and oxygen atoms in total. The van der Waals surface area contributed by atoms with Gasteiger partial charge in [-0.3, -0.25) is 4.79 Å². The van der Waals surface area contributed by atoms with E-state index in [1.807, 2.05) is 24.3 Å². The summed E-state index contributed by atoms with van der Waals surface area (Å²) in [7, 11) is 1.59. The Morgan fingerprint density at radius 2 is 1.84 bits per heavy atom. The molecule has 0 saturated carbocycles. The van der Waals surface area contributed by atoms with Gasteiger partial charge in [-0.2, -0.15) is 13.2 Å². The number of halogens is 3. The van der Waals surface area contributed by atoms with Crippen LogP contribution in [-0.2, 0) is 17.4 Å². The van der Waals surface area contributed by atoms with Crippen LogP contribution < -0.4 is 15.4 Å². The zero-order chi connectivity index (χ0) is 18.3. The lowest BCUT2D eigenvalue weighted by Gasteiger charge is -2.10. The Morgan fingerprint density at radius 1 is 1.12 bits per heavy atom. The maximum Gasteiger partial charge on any atom is 0.416 e. The molecule has 0 aliphatic heterocycles. The smallest absolute Gasteiger partial charge is 0.416 e. The normalized spacial score (nSPS) is 11.0. The van der Waals surface area contributed by atoms with Crippen LogP contribution in [0.3, 0.4) is 0 Å². The number of carbonyl (C=O) groups excluding carboxylic acids is 1. The van der Waals surface area contributed by atoms with Gasteiger partial charge in [0, 0.05) is 12.2 Å². The van der Waals surface area contributed by atoms with E-state index >= 15 is 0 Å². The van der Waals surface area contributed by atoms with Gasteiger partial charge in [-0.1, -0.05) is 12.1 Å². The monoisotopic (exact) mass is 352 g/mol. The lowest BCUT2D eigenvalue weighted by molar-refractivity contribution is -0.137. The Balaban J connectivity index is 1.73. The van der Waals surface area contributed by atoms with E-state index in [0.29, 0.717) is 18.7 Å². The summed E-state index contributed by atoms with van der Waals surface area (Å²) in [5, 5.41) is 5.54. The van der Waals surface area contributed by atoms with Crippen molar-refractivity contribution in [3.8, 4) is 5.75 Å². The van der Waals surface area contributed by atoms with Gasteiger partial charge in [-0.15, -0.1) is 0 Å². The number of hydrogen-bond acceptors (Lipinski definition) is 3. The van der Waals surface area contributed by atoms with Crippen molar-refractivity contribution in [1.29, 1.82) is 0 Å². The first kappa shape index (κ1) is 18.6. The summed E-state index contributed by atoms with van der Waals surface area (Å²) in [6.07, 6.45) is -3.71. The van der Waals surface area contributed by atoms with Crippen molar-refractivity contribution in [2.45, 2.75) is 12.6 Å². The van der Waals surface area contributed by atoms with E-state index in [1.165, 1.54) is 12.1 Å². The Morgan fingerprint density at radius 3 is 2.48 bits per heavy atom. The van der Waals surface area contributed by atoms with E-state index in [4.69, 9.17) is 4.74 Å². The molecule has 0 aliphatic rings. The van der Waals surface area contributed by atoms with E-state index in [9.17, 15) is 18.0 Å². The zero-order valence-electron chi connectivity index (χ0n) is 13.7. The van der Waals surface area contributed by atoms with Crippen molar-refractivity contribution in [2.75, 3.05) is 25.5 Å². The molecule has 0 radical (unpaired) electrons. The summed E-state index contributed by atoms with van der Waals surface area (Å²) in [5.74, 6) is 0.524. The SMILES string of the molecule is COc1cccc(CCNC(=O)CNc2ccc(C(F)(F)F)cc2)c1. The van der Waals surface area contributed by atoms with E-state index in [1.54, 1.807) is 7.11 Å². The summed E-state index contributed by atoms with van der Waals surface area (Å²) < 4.78 is 42.5. The highest BCUT2D eigenvalue weighted by Crippen LogP contribution is 2.29. The van der Waals surface area contributed by atoms with Crippen LogP contribution in [0.1, 0.15) is 11.1 Å². The van der Waals surface area contributed by atoms with Gasteiger partial charge >= 0.3 is 6.18 Å². The largest absolute Gasteiger partial charge is 0.497 e. The highest BCUT2D eigenvalue weighted by Gasteiger charge is 2.29. The highest BCUT2D eigenvalue weighted by atomic mass is 19.4. The molecule has 0 fully saturated rings. The van der Waals surface area contributed by atoms with E-state index in [0.717, 1.165) is 23.4 Å². The molecule has 0 unspecified atom stereocenters. The molecule has 2 rings (SSSR count). The molecule has 2 N–H and O–H groups in total. The first-order valence-electron chi connectivity index (χ1n) is 7.69. The molecule has 2 aromatic rings. The summed E-state index contributed by atoms with van der Waals surface area (Å²) in [4.78, 5) is 11.8. The molecule has 0 atom stereocenters. The number of carbonyl (C=O) groups is 1. The Hall–Kier alpha value is -2.70. The second kappa shape index (κ2) is 8.41. The fourth-order valence-electron chi connectivity index (χ4n) is 2.20.